The monoisotopic (exact) mass is 327 g/mol. The predicted octanol–water partition coefficient (Wildman–Crippen LogP) is 1.99. The number of aromatic nitrogens is 1. The van der Waals surface area contributed by atoms with Crippen LogP contribution >= 0.6 is 0 Å². The maximum atomic E-state index is 12.4. The van der Waals surface area contributed by atoms with Crippen molar-refractivity contribution in [3.8, 4) is 0 Å². The van der Waals surface area contributed by atoms with Crippen LogP contribution in [0, 0.1) is 6.92 Å². The second-order valence-corrected chi connectivity index (χ2v) is 5.66. The van der Waals surface area contributed by atoms with Crippen LogP contribution in [0.15, 0.2) is 47.3 Å². The van der Waals surface area contributed by atoms with E-state index < -0.39 is 5.56 Å². The minimum Gasteiger partial charge on any atom is -0.348 e. The summed E-state index contributed by atoms with van der Waals surface area (Å²) in [7, 11) is 0. The molecule has 1 aromatic heterocycles. The molecule has 0 spiro atoms. The zero-order chi connectivity index (χ0) is 17.7. The van der Waals surface area contributed by atoms with Gasteiger partial charge in [-0.1, -0.05) is 30.3 Å². The summed E-state index contributed by atoms with van der Waals surface area (Å²) in [5.41, 5.74) is 1.41. The summed E-state index contributed by atoms with van der Waals surface area (Å²) in [5, 5.41) is 5.35. The second kappa shape index (κ2) is 7.59. The zero-order valence-electron chi connectivity index (χ0n) is 14.0. The Hall–Kier alpha value is -2.89. The highest BCUT2D eigenvalue weighted by atomic mass is 16.2. The lowest BCUT2D eigenvalue weighted by Gasteiger charge is -2.16. The van der Waals surface area contributed by atoms with Crippen molar-refractivity contribution in [2.75, 3.05) is 5.32 Å². The summed E-state index contributed by atoms with van der Waals surface area (Å²) in [6.45, 7) is 4.86. The number of amides is 2. The Kier molecular flexibility index (Phi) is 5.52. The molecule has 0 unspecified atom stereocenters. The van der Waals surface area contributed by atoms with Crippen LogP contribution in [-0.4, -0.2) is 16.4 Å². The molecule has 0 aliphatic carbocycles. The number of benzene rings is 1. The van der Waals surface area contributed by atoms with E-state index in [1.54, 1.807) is 19.1 Å². The molecule has 0 aliphatic heterocycles. The summed E-state index contributed by atoms with van der Waals surface area (Å²) in [4.78, 5) is 35.8. The van der Waals surface area contributed by atoms with Crippen molar-refractivity contribution in [2.45, 2.75) is 33.4 Å². The van der Waals surface area contributed by atoms with Crippen LogP contribution in [0.5, 0.6) is 0 Å². The van der Waals surface area contributed by atoms with Gasteiger partial charge >= 0.3 is 0 Å². The van der Waals surface area contributed by atoms with Gasteiger partial charge < -0.3 is 15.2 Å². The molecule has 0 fully saturated rings. The molecule has 0 saturated carbocycles. The predicted molar refractivity (Wildman–Crippen MR) is 92.7 cm³/mol. The van der Waals surface area contributed by atoms with Crippen molar-refractivity contribution >= 4 is 17.5 Å². The largest absolute Gasteiger partial charge is 0.348 e. The number of hydrogen-bond acceptors (Lipinski definition) is 3. The molecule has 1 heterocycles. The van der Waals surface area contributed by atoms with Crippen LogP contribution < -0.4 is 16.2 Å². The third-order valence-corrected chi connectivity index (χ3v) is 3.68. The van der Waals surface area contributed by atoms with Gasteiger partial charge in [-0.25, -0.2) is 0 Å². The van der Waals surface area contributed by atoms with Crippen molar-refractivity contribution in [1.82, 2.24) is 9.88 Å². The van der Waals surface area contributed by atoms with E-state index >= 15 is 0 Å². The van der Waals surface area contributed by atoms with Crippen molar-refractivity contribution < 1.29 is 9.59 Å². The summed E-state index contributed by atoms with van der Waals surface area (Å²) >= 11 is 0. The fourth-order valence-electron chi connectivity index (χ4n) is 2.41. The Morgan fingerprint density at radius 3 is 2.42 bits per heavy atom. The van der Waals surface area contributed by atoms with Crippen molar-refractivity contribution in [3.05, 3.63) is 64.1 Å². The van der Waals surface area contributed by atoms with E-state index in [1.165, 1.54) is 11.5 Å². The number of pyridine rings is 1. The molecular weight excluding hydrogens is 306 g/mol. The number of hydrogen-bond donors (Lipinski definition) is 2. The van der Waals surface area contributed by atoms with Gasteiger partial charge in [-0.3, -0.25) is 14.4 Å². The maximum Gasteiger partial charge on any atom is 0.274 e. The third-order valence-electron chi connectivity index (χ3n) is 3.68. The molecule has 2 aromatic rings. The first-order valence-electron chi connectivity index (χ1n) is 7.71. The van der Waals surface area contributed by atoms with Gasteiger partial charge in [-0.15, -0.1) is 0 Å². The van der Waals surface area contributed by atoms with Gasteiger partial charge in [-0.2, -0.15) is 0 Å². The molecule has 2 N–H and O–H groups in total. The Balaban J connectivity index is 2.14. The Morgan fingerprint density at radius 2 is 1.79 bits per heavy atom. The molecule has 0 aliphatic rings. The number of nitrogens with one attached hydrogen (secondary N) is 2. The van der Waals surface area contributed by atoms with E-state index in [-0.39, 0.29) is 30.1 Å². The number of nitrogens with zero attached hydrogens (tertiary/aromatic N) is 1. The smallest absolute Gasteiger partial charge is 0.274 e. The number of aryl methyl sites for hydroxylation is 1. The highest BCUT2D eigenvalue weighted by Gasteiger charge is 2.13. The quantitative estimate of drug-likeness (QED) is 0.881. The summed E-state index contributed by atoms with van der Waals surface area (Å²) < 4.78 is 1.35. The highest BCUT2D eigenvalue weighted by molar-refractivity contribution is 5.88. The van der Waals surface area contributed by atoms with Gasteiger partial charge in [0.05, 0.1) is 6.04 Å². The number of carbonyl (C=O) groups excluding carboxylic acids is 2. The molecule has 24 heavy (non-hydrogen) atoms. The molecule has 2 rings (SSSR count). The van der Waals surface area contributed by atoms with Crippen LogP contribution in [0.25, 0.3) is 0 Å². The van der Waals surface area contributed by atoms with Crippen LogP contribution in [0.4, 0.5) is 5.69 Å². The Labute approximate surface area is 140 Å². The van der Waals surface area contributed by atoms with E-state index in [1.807, 2.05) is 37.3 Å². The van der Waals surface area contributed by atoms with E-state index in [0.717, 1.165) is 5.56 Å². The van der Waals surface area contributed by atoms with Crippen LogP contribution in [0.3, 0.4) is 0 Å². The fourth-order valence-corrected chi connectivity index (χ4v) is 2.41. The highest BCUT2D eigenvalue weighted by Crippen LogP contribution is 2.11. The maximum absolute atomic E-state index is 12.4. The first-order chi connectivity index (χ1) is 11.4. The minimum atomic E-state index is -0.396. The lowest BCUT2D eigenvalue weighted by Crippen LogP contribution is -2.35. The van der Waals surface area contributed by atoms with Crippen LogP contribution in [0.1, 0.15) is 31.1 Å². The SMILES string of the molecule is CC(=O)Nc1ccc(C)n(CC(=O)N[C@H](C)c2ccccc2)c1=O. The number of carbonyl (C=O) groups is 2. The standard InChI is InChI=1S/C18H21N3O3/c1-12-9-10-16(20-14(3)22)18(24)21(12)11-17(23)19-13(2)15-7-5-4-6-8-15/h4-10,13H,11H2,1-3H3,(H,19,23)(H,20,22)/t13-/m1/s1. The molecule has 1 atom stereocenters. The molecule has 2 amide bonds. The second-order valence-electron chi connectivity index (χ2n) is 5.66. The molecule has 0 saturated heterocycles. The average Bonchev–Trinajstić information content (AvgIpc) is 2.54. The average molecular weight is 327 g/mol. The van der Waals surface area contributed by atoms with E-state index in [0.29, 0.717) is 5.69 Å². The van der Waals surface area contributed by atoms with Gasteiger partial charge in [-0.05, 0) is 31.5 Å². The third kappa shape index (κ3) is 4.32. The molecular formula is C18H21N3O3. The van der Waals surface area contributed by atoms with Gasteiger partial charge in [0.1, 0.15) is 12.2 Å². The minimum absolute atomic E-state index is 0.102. The summed E-state index contributed by atoms with van der Waals surface area (Å²) in [6.07, 6.45) is 0. The van der Waals surface area contributed by atoms with Crippen LogP contribution in [-0.2, 0) is 16.1 Å². The summed E-state index contributed by atoms with van der Waals surface area (Å²) in [6, 6.07) is 12.7. The lowest BCUT2D eigenvalue weighted by molar-refractivity contribution is -0.122. The first kappa shape index (κ1) is 17.5. The lowest BCUT2D eigenvalue weighted by atomic mass is 10.1. The molecule has 0 bridgehead atoms. The van der Waals surface area contributed by atoms with Gasteiger partial charge in [0.25, 0.3) is 5.56 Å². The first-order valence-corrected chi connectivity index (χ1v) is 7.71. The van der Waals surface area contributed by atoms with Gasteiger partial charge in [0.2, 0.25) is 11.8 Å². The van der Waals surface area contributed by atoms with Crippen molar-refractivity contribution in [2.24, 2.45) is 0 Å². The van der Waals surface area contributed by atoms with Crippen LogP contribution in [0.2, 0.25) is 0 Å². The molecule has 6 heteroatoms. The van der Waals surface area contributed by atoms with Crippen molar-refractivity contribution in [3.63, 3.8) is 0 Å². The topological polar surface area (TPSA) is 80.2 Å². The normalized spacial score (nSPS) is 11.6. The van der Waals surface area contributed by atoms with Crippen molar-refractivity contribution in [1.29, 1.82) is 0 Å². The molecule has 0 radical (unpaired) electrons. The fraction of sp³-hybridized carbons (Fsp3) is 0.278. The van der Waals surface area contributed by atoms with E-state index in [9.17, 15) is 14.4 Å². The van der Waals surface area contributed by atoms with Gasteiger partial charge in [0.15, 0.2) is 0 Å². The van der Waals surface area contributed by atoms with E-state index in [4.69, 9.17) is 0 Å². The summed E-state index contributed by atoms with van der Waals surface area (Å²) in [5.74, 6) is -0.596. The Morgan fingerprint density at radius 1 is 1.12 bits per heavy atom. The van der Waals surface area contributed by atoms with E-state index in [2.05, 4.69) is 10.6 Å². The molecule has 126 valence electrons. The van der Waals surface area contributed by atoms with Gasteiger partial charge in [0, 0.05) is 12.6 Å². The number of rotatable bonds is 5. The number of anilines is 1. The molecule has 6 nitrogen and oxygen atoms in total. The molecule has 1 aromatic carbocycles. The zero-order valence-corrected chi connectivity index (χ0v) is 14.0. The Bertz CT molecular complexity index is 797.